The number of amidine groups is 1. The van der Waals surface area contributed by atoms with Crippen molar-refractivity contribution in [3.05, 3.63) is 70.3 Å². The van der Waals surface area contributed by atoms with E-state index in [9.17, 15) is 10.1 Å². The Morgan fingerprint density at radius 2 is 1.96 bits per heavy atom. The first-order chi connectivity index (χ1) is 12.7. The van der Waals surface area contributed by atoms with Crippen molar-refractivity contribution in [1.29, 1.82) is 0 Å². The van der Waals surface area contributed by atoms with E-state index in [1.165, 1.54) is 6.07 Å². The minimum Gasteiger partial charge on any atom is -0.487 e. The van der Waals surface area contributed by atoms with E-state index >= 15 is 0 Å². The molecule has 0 atom stereocenters. The van der Waals surface area contributed by atoms with Crippen LogP contribution in [0, 0.1) is 10.1 Å². The van der Waals surface area contributed by atoms with Crippen LogP contribution in [0.15, 0.2) is 59.6 Å². The molecule has 0 fully saturated rings. The number of ether oxygens (including phenoxy) is 1. The Balaban J connectivity index is 1.79. The molecule has 3 aromatic carbocycles. The normalized spacial score (nSPS) is 12.4. The number of hydrogen-bond donors (Lipinski definition) is 1. The number of rotatable bonds is 5. The van der Waals surface area contributed by atoms with Crippen molar-refractivity contribution < 1.29 is 9.66 Å². The Morgan fingerprint density at radius 3 is 2.73 bits per heavy atom. The number of nitro benzene ring substituents is 1. The van der Waals surface area contributed by atoms with Crippen molar-refractivity contribution in [2.45, 2.75) is 13.3 Å². The van der Waals surface area contributed by atoms with Gasteiger partial charge in [0.1, 0.15) is 5.84 Å². The molecule has 3 aromatic rings. The third kappa shape index (κ3) is 2.75. The number of benzene rings is 3. The van der Waals surface area contributed by atoms with Crippen LogP contribution in [0.5, 0.6) is 5.75 Å². The standard InChI is InChI=1S/C20H17N3O3/c1-2-11-26-18-10-9-14(12-17(18)23(24)25)20-21-15-7-3-5-13-6-4-8-16(22-20)19(13)15/h3-10,12H,2,11H2,1H3,(H,21,22). The summed E-state index contributed by atoms with van der Waals surface area (Å²) in [6.07, 6.45) is 0.786. The van der Waals surface area contributed by atoms with Gasteiger partial charge in [-0.15, -0.1) is 0 Å². The minimum absolute atomic E-state index is 0.0579. The maximum Gasteiger partial charge on any atom is 0.311 e. The van der Waals surface area contributed by atoms with E-state index < -0.39 is 4.92 Å². The summed E-state index contributed by atoms with van der Waals surface area (Å²) in [5, 5.41) is 16.9. The first-order valence-electron chi connectivity index (χ1n) is 8.46. The Morgan fingerprint density at radius 1 is 1.15 bits per heavy atom. The Kier molecular flexibility index (Phi) is 4.01. The van der Waals surface area contributed by atoms with Crippen molar-refractivity contribution in [2.24, 2.45) is 4.99 Å². The largest absolute Gasteiger partial charge is 0.487 e. The molecule has 130 valence electrons. The van der Waals surface area contributed by atoms with E-state index in [-0.39, 0.29) is 11.4 Å². The van der Waals surface area contributed by atoms with E-state index in [1.54, 1.807) is 12.1 Å². The molecule has 0 radical (unpaired) electrons. The molecule has 1 aliphatic heterocycles. The topological polar surface area (TPSA) is 76.8 Å². The van der Waals surface area contributed by atoms with Gasteiger partial charge in [0.15, 0.2) is 5.75 Å². The van der Waals surface area contributed by atoms with Crippen LogP contribution in [0.3, 0.4) is 0 Å². The SMILES string of the molecule is CCCOc1ccc(C2=Nc3cccc4cccc(c34)N2)cc1[N+](=O)[O-]. The highest BCUT2D eigenvalue weighted by atomic mass is 16.6. The van der Waals surface area contributed by atoms with E-state index in [2.05, 4.69) is 10.3 Å². The molecule has 0 saturated heterocycles. The highest BCUT2D eigenvalue weighted by molar-refractivity contribution is 6.19. The van der Waals surface area contributed by atoms with Gasteiger partial charge in [-0.25, -0.2) is 4.99 Å². The zero-order valence-corrected chi connectivity index (χ0v) is 14.2. The molecule has 1 N–H and O–H groups in total. The number of nitro groups is 1. The summed E-state index contributed by atoms with van der Waals surface area (Å²) >= 11 is 0. The molecule has 26 heavy (non-hydrogen) atoms. The second-order valence-electron chi connectivity index (χ2n) is 6.05. The van der Waals surface area contributed by atoms with Gasteiger partial charge < -0.3 is 10.1 Å². The van der Waals surface area contributed by atoms with Gasteiger partial charge in [-0.05, 0) is 36.1 Å². The van der Waals surface area contributed by atoms with E-state index in [1.807, 2.05) is 43.3 Å². The molecule has 1 aliphatic rings. The molecule has 0 aliphatic carbocycles. The van der Waals surface area contributed by atoms with Crippen LogP contribution in [-0.2, 0) is 0 Å². The summed E-state index contributed by atoms with van der Waals surface area (Å²) in [5.74, 6) is 0.862. The fourth-order valence-electron chi connectivity index (χ4n) is 3.07. The second kappa shape index (κ2) is 6.48. The molecule has 1 heterocycles. The number of hydrogen-bond acceptors (Lipinski definition) is 5. The molecule has 4 rings (SSSR count). The van der Waals surface area contributed by atoms with Crippen LogP contribution in [0.2, 0.25) is 0 Å². The van der Waals surface area contributed by atoms with E-state index in [0.29, 0.717) is 18.0 Å². The lowest BCUT2D eigenvalue weighted by atomic mass is 10.0. The number of nitrogens with one attached hydrogen (secondary N) is 1. The quantitative estimate of drug-likeness (QED) is 0.518. The van der Waals surface area contributed by atoms with Crippen LogP contribution in [0.1, 0.15) is 18.9 Å². The summed E-state index contributed by atoms with van der Waals surface area (Å²) in [4.78, 5) is 15.7. The lowest BCUT2D eigenvalue weighted by Crippen LogP contribution is -2.16. The second-order valence-corrected chi connectivity index (χ2v) is 6.05. The Hall–Kier alpha value is -3.41. The summed E-state index contributed by atoms with van der Waals surface area (Å²) in [5.41, 5.74) is 2.38. The zero-order chi connectivity index (χ0) is 18.1. The Bertz CT molecular complexity index is 1040. The summed E-state index contributed by atoms with van der Waals surface area (Å²) in [7, 11) is 0. The third-order valence-corrected chi connectivity index (χ3v) is 4.26. The predicted octanol–water partition coefficient (Wildman–Crippen LogP) is 5.04. The van der Waals surface area contributed by atoms with E-state index in [0.717, 1.165) is 28.6 Å². The third-order valence-electron chi connectivity index (χ3n) is 4.26. The van der Waals surface area contributed by atoms with Crippen molar-refractivity contribution in [2.75, 3.05) is 11.9 Å². The average molecular weight is 347 g/mol. The van der Waals surface area contributed by atoms with Gasteiger partial charge in [0, 0.05) is 22.7 Å². The highest BCUT2D eigenvalue weighted by Crippen LogP contribution is 2.37. The number of aliphatic imine (C=N–C) groups is 1. The van der Waals surface area contributed by atoms with Crippen molar-refractivity contribution in [1.82, 2.24) is 0 Å². The van der Waals surface area contributed by atoms with Gasteiger partial charge in [-0.1, -0.05) is 31.2 Å². The van der Waals surface area contributed by atoms with Crippen LogP contribution >= 0.6 is 0 Å². The zero-order valence-electron chi connectivity index (χ0n) is 14.2. The minimum atomic E-state index is -0.424. The van der Waals surface area contributed by atoms with Crippen molar-refractivity contribution in [3.63, 3.8) is 0 Å². The van der Waals surface area contributed by atoms with Gasteiger partial charge in [-0.3, -0.25) is 10.1 Å². The predicted molar refractivity (Wildman–Crippen MR) is 103 cm³/mol. The fraction of sp³-hybridized carbons (Fsp3) is 0.150. The molecule has 6 nitrogen and oxygen atoms in total. The summed E-state index contributed by atoms with van der Waals surface area (Å²) in [6, 6.07) is 16.9. The monoisotopic (exact) mass is 347 g/mol. The van der Waals surface area contributed by atoms with Crippen molar-refractivity contribution >= 4 is 33.7 Å². The lowest BCUT2D eigenvalue weighted by molar-refractivity contribution is -0.385. The van der Waals surface area contributed by atoms with Gasteiger partial charge >= 0.3 is 5.69 Å². The lowest BCUT2D eigenvalue weighted by Gasteiger charge is -2.19. The first kappa shape index (κ1) is 16.1. The van der Waals surface area contributed by atoms with Crippen LogP contribution < -0.4 is 10.1 Å². The maximum absolute atomic E-state index is 11.4. The van der Waals surface area contributed by atoms with Crippen molar-refractivity contribution in [3.8, 4) is 5.75 Å². The molecular weight excluding hydrogens is 330 g/mol. The fourth-order valence-corrected chi connectivity index (χ4v) is 3.07. The molecule has 0 aromatic heterocycles. The molecule has 0 spiro atoms. The maximum atomic E-state index is 11.4. The summed E-state index contributed by atoms with van der Waals surface area (Å²) in [6.45, 7) is 2.40. The van der Waals surface area contributed by atoms with Crippen LogP contribution in [-0.4, -0.2) is 17.4 Å². The van der Waals surface area contributed by atoms with E-state index in [4.69, 9.17) is 4.74 Å². The first-order valence-corrected chi connectivity index (χ1v) is 8.46. The highest BCUT2D eigenvalue weighted by Gasteiger charge is 2.20. The molecule has 0 bridgehead atoms. The molecule has 0 saturated carbocycles. The number of nitrogens with zero attached hydrogens (tertiary/aromatic N) is 2. The Labute approximate surface area is 150 Å². The molecule has 6 heteroatoms. The van der Waals surface area contributed by atoms with Gasteiger partial charge in [0.25, 0.3) is 0 Å². The average Bonchev–Trinajstić information content (AvgIpc) is 2.66. The van der Waals surface area contributed by atoms with Gasteiger partial charge in [-0.2, -0.15) is 0 Å². The summed E-state index contributed by atoms with van der Waals surface area (Å²) < 4.78 is 5.49. The molecule has 0 amide bonds. The molecule has 0 unspecified atom stereocenters. The van der Waals surface area contributed by atoms with Crippen LogP contribution in [0.25, 0.3) is 10.8 Å². The van der Waals surface area contributed by atoms with Gasteiger partial charge in [0.2, 0.25) is 0 Å². The van der Waals surface area contributed by atoms with Gasteiger partial charge in [0.05, 0.1) is 17.2 Å². The number of anilines is 1. The smallest absolute Gasteiger partial charge is 0.311 e. The van der Waals surface area contributed by atoms with Crippen LogP contribution in [0.4, 0.5) is 17.1 Å². The molecular formula is C20H17N3O3.